The predicted molar refractivity (Wildman–Crippen MR) is 59.1 cm³/mol. The quantitative estimate of drug-likeness (QED) is 0.747. The third-order valence-corrected chi connectivity index (χ3v) is 2.65. The number of hydrogen-bond acceptors (Lipinski definition) is 4. The standard InChI is InChI=1S/C11H18N2O3/c1-8-10(4-5-11(15)16-3)9(2)13(12-8)6-7-14/h14H,4-7H2,1-3H3. The number of esters is 1. The van der Waals surface area contributed by atoms with Crippen molar-refractivity contribution in [3.8, 4) is 0 Å². The van der Waals surface area contributed by atoms with Gasteiger partial charge in [0.1, 0.15) is 0 Å². The lowest BCUT2D eigenvalue weighted by molar-refractivity contribution is -0.140. The van der Waals surface area contributed by atoms with E-state index in [0.717, 1.165) is 17.0 Å². The first-order chi connectivity index (χ1) is 7.60. The van der Waals surface area contributed by atoms with Gasteiger partial charge in [-0.25, -0.2) is 0 Å². The van der Waals surface area contributed by atoms with Crippen molar-refractivity contribution in [2.45, 2.75) is 33.2 Å². The second-order valence-electron chi connectivity index (χ2n) is 3.67. The fraction of sp³-hybridized carbons (Fsp3) is 0.636. The summed E-state index contributed by atoms with van der Waals surface area (Å²) in [6, 6.07) is 0. The van der Waals surface area contributed by atoms with Gasteiger partial charge in [0.05, 0.1) is 26.0 Å². The normalized spacial score (nSPS) is 10.5. The molecule has 0 aliphatic rings. The maximum absolute atomic E-state index is 11.1. The van der Waals surface area contributed by atoms with Crippen molar-refractivity contribution >= 4 is 5.97 Å². The summed E-state index contributed by atoms with van der Waals surface area (Å²) in [5, 5.41) is 13.2. The zero-order valence-electron chi connectivity index (χ0n) is 9.99. The minimum absolute atomic E-state index is 0.0679. The topological polar surface area (TPSA) is 64.3 Å². The molecule has 1 N–H and O–H groups in total. The van der Waals surface area contributed by atoms with Crippen molar-refractivity contribution < 1.29 is 14.6 Å². The first-order valence-corrected chi connectivity index (χ1v) is 5.30. The number of aliphatic hydroxyl groups is 1. The summed E-state index contributed by atoms with van der Waals surface area (Å²) in [5.41, 5.74) is 2.99. The van der Waals surface area contributed by atoms with Crippen LogP contribution in [0.1, 0.15) is 23.4 Å². The Hall–Kier alpha value is -1.36. The molecule has 0 atom stereocenters. The Morgan fingerprint density at radius 2 is 2.19 bits per heavy atom. The molecule has 16 heavy (non-hydrogen) atoms. The molecule has 0 bridgehead atoms. The average molecular weight is 226 g/mol. The lowest BCUT2D eigenvalue weighted by Crippen LogP contribution is -2.07. The molecule has 5 heteroatoms. The molecular formula is C11H18N2O3. The van der Waals surface area contributed by atoms with Crippen molar-refractivity contribution in [2.75, 3.05) is 13.7 Å². The highest BCUT2D eigenvalue weighted by atomic mass is 16.5. The largest absolute Gasteiger partial charge is 0.469 e. The highest BCUT2D eigenvalue weighted by molar-refractivity contribution is 5.69. The summed E-state index contributed by atoms with van der Waals surface area (Å²) in [7, 11) is 1.39. The monoisotopic (exact) mass is 226 g/mol. The van der Waals surface area contributed by atoms with Crippen LogP contribution in [0.4, 0.5) is 0 Å². The second kappa shape index (κ2) is 5.65. The number of methoxy groups -OCH3 is 1. The molecule has 0 saturated carbocycles. The Morgan fingerprint density at radius 3 is 2.75 bits per heavy atom. The number of ether oxygens (including phenoxy) is 1. The minimum Gasteiger partial charge on any atom is -0.469 e. The van der Waals surface area contributed by atoms with Crippen LogP contribution in [0, 0.1) is 13.8 Å². The molecule has 0 radical (unpaired) electrons. The van der Waals surface area contributed by atoms with E-state index in [4.69, 9.17) is 5.11 Å². The maximum atomic E-state index is 11.1. The van der Waals surface area contributed by atoms with Gasteiger partial charge in [0, 0.05) is 12.1 Å². The molecule has 90 valence electrons. The second-order valence-corrected chi connectivity index (χ2v) is 3.67. The van der Waals surface area contributed by atoms with Gasteiger partial charge in [-0.1, -0.05) is 0 Å². The van der Waals surface area contributed by atoms with E-state index in [-0.39, 0.29) is 12.6 Å². The van der Waals surface area contributed by atoms with Gasteiger partial charge >= 0.3 is 5.97 Å². The smallest absolute Gasteiger partial charge is 0.305 e. The van der Waals surface area contributed by atoms with Gasteiger partial charge in [-0.05, 0) is 25.8 Å². The fourth-order valence-corrected chi connectivity index (χ4v) is 1.74. The molecule has 0 unspecified atom stereocenters. The van der Waals surface area contributed by atoms with E-state index in [9.17, 15) is 4.79 Å². The lowest BCUT2D eigenvalue weighted by Gasteiger charge is -2.03. The third kappa shape index (κ3) is 2.82. The van der Waals surface area contributed by atoms with Crippen LogP contribution in [0.2, 0.25) is 0 Å². The van der Waals surface area contributed by atoms with E-state index in [0.29, 0.717) is 19.4 Å². The molecule has 0 fully saturated rings. The molecule has 1 aromatic rings. The third-order valence-electron chi connectivity index (χ3n) is 2.65. The van der Waals surface area contributed by atoms with E-state index in [2.05, 4.69) is 9.84 Å². The molecule has 1 heterocycles. The Bertz CT molecular complexity index is 372. The number of carbonyl (C=O) groups excluding carboxylic acids is 1. The van der Waals surface area contributed by atoms with Crippen LogP contribution in [0.25, 0.3) is 0 Å². The van der Waals surface area contributed by atoms with Crippen LogP contribution < -0.4 is 0 Å². The van der Waals surface area contributed by atoms with Crippen LogP contribution in [0.5, 0.6) is 0 Å². The molecule has 0 saturated heterocycles. The Balaban J connectivity index is 2.75. The van der Waals surface area contributed by atoms with Gasteiger partial charge in [0.15, 0.2) is 0 Å². The van der Waals surface area contributed by atoms with E-state index in [1.54, 1.807) is 4.68 Å². The summed E-state index contributed by atoms with van der Waals surface area (Å²) in [5.74, 6) is -0.214. The van der Waals surface area contributed by atoms with E-state index >= 15 is 0 Å². The summed E-state index contributed by atoms with van der Waals surface area (Å²) >= 11 is 0. The summed E-state index contributed by atoms with van der Waals surface area (Å²) in [6.45, 7) is 4.42. The van der Waals surface area contributed by atoms with Crippen LogP contribution in [-0.4, -0.2) is 34.6 Å². The minimum atomic E-state index is -0.214. The number of hydrogen-bond donors (Lipinski definition) is 1. The van der Waals surface area contributed by atoms with Crippen molar-refractivity contribution in [3.63, 3.8) is 0 Å². The number of carbonyl (C=O) groups is 1. The number of rotatable bonds is 5. The van der Waals surface area contributed by atoms with Gasteiger partial charge in [-0.2, -0.15) is 5.10 Å². The van der Waals surface area contributed by atoms with Crippen molar-refractivity contribution in [2.24, 2.45) is 0 Å². The van der Waals surface area contributed by atoms with Gasteiger partial charge in [-0.3, -0.25) is 9.48 Å². The highest BCUT2D eigenvalue weighted by Gasteiger charge is 2.12. The Kier molecular flexibility index (Phi) is 4.49. The van der Waals surface area contributed by atoms with Crippen LogP contribution in [-0.2, 0) is 22.5 Å². The SMILES string of the molecule is COC(=O)CCc1c(C)nn(CCO)c1C. The number of aryl methyl sites for hydroxylation is 1. The zero-order valence-corrected chi connectivity index (χ0v) is 9.99. The summed E-state index contributed by atoms with van der Waals surface area (Å²) in [4.78, 5) is 11.1. The number of aliphatic hydroxyl groups excluding tert-OH is 1. The van der Waals surface area contributed by atoms with Crippen LogP contribution in [0.15, 0.2) is 0 Å². The molecule has 0 aliphatic heterocycles. The molecule has 0 amide bonds. The number of aromatic nitrogens is 2. The van der Waals surface area contributed by atoms with Gasteiger partial charge in [0.25, 0.3) is 0 Å². The van der Waals surface area contributed by atoms with Crippen molar-refractivity contribution in [3.05, 3.63) is 17.0 Å². The number of nitrogens with zero attached hydrogens (tertiary/aromatic N) is 2. The summed E-state index contributed by atoms with van der Waals surface area (Å²) in [6.07, 6.45) is 0.999. The average Bonchev–Trinajstić information content (AvgIpc) is 2.52. The molecule has 1 aromatic heterocycles. The Morgan fingerprint density at radius 1 is 1.50 bits per heavy atom. The zero-order chi connectivity index (χ0) is 12.1. The van der Waals surface area contributed by atoms with Crippen molar-refractivity contribution in [1.82, 2.24) is 9.78 Å². The first kappa shape index (κ1) is 12.7. The van der Waals surface area contributed by atoms with E-state index in [1.165, 1.54) is 7.11 Å². The maximum Gasteiger partial charge on any atom is 0.305 e. The van der Waals surface area contributed by atoms with E-state index in [1.807, 2.05) is 13.8 Å². The van der Waals surface area contributed by atoms with Crippen LogP contribution in [0.3, 0.4) is 0 Å². The Labute approximate surface area is 95.0 Å². The molecule has 0 aliphatic carbocycles. The van der Waals surface area contributed by atoms with Crippen molar-refractivity contribution in [1.29, 1.82) is 0 Å². The molecule has 5 nitrogen and oxygen atoms in total. The predicted octanol–water partition coefficient (Wildman–Crippen LogP) is 0.598. The molecule has 1 rings (SSSR count). The lowest BCUT2D eigenvalue weighted by atomic mass is 10.1. The molecular weight excluding hydrogens is 208 g/mol. The molecule has 0 aromatic carbocycles. The van der Waals surface area contributed by atoms with Crippen LogP contribution >= 0.6 is 0 Å². The summed E-state index contributed by atoms with van der Waals surface area (Å²) < 4.78 is 6.37. The fourth-order valence-electron chi connectivity index (χ4n) is 1.74. The van der Waals surface area contributed by atoms with Gasteiger partial charge < -0.3 is 9.84 Å². The van der Waals surface area contributed by atoms with Gasteiger partial charge in [-0.15, -0.1) is 0 Å². The van der Waals surface area contributed by atoms with Gasteiger partial charge in [0.2, 0.25) is 0 Å². The van der Waals surface area contributed by atoms with E-state index < -0.39 is 0 Å². The molecule has 0 spiro atoms. The first-order valence-electron chi connectivity index (χ1n) is 5.30. The highest BCUT2D eigenvalue weighted by Crippen LogP contribution is 2.15.